The van der Waals surface area contributed by atoms with Crippen LogP contribution in [0.4, 0.5) is 8.78 Å². The van der Waals surface area contributed by atoms with Gasteiger partial charge in [0.1, 0.15) is 6.61 Å². The van der Waals surface area contributed by atoms with Crippen molar-refractivity contribution in [1.29, 1.82) is 0 Å². The molecule has 1 aromatic carbocycles. The lowest BCUT2D eigenvalue weighted by atomic mass is 10.0. The van der Waals surface area contributed by atoms with E-state index >= 15 is 0 Å². The van der Waals surface area contributed by atoms with Crippen LogP contribution in [0.25, 0.3) is 0 Å². The fourth-order valence-electron chi connectivity index (χ4n) is 1.74. The van der Waals surface area contributed by atoms with Crippen LogP contribution in [0.1, 0.15) is 24.9 Å². The number of ether oxygens (including phenoxy) is 1. The van der Waals surface area contributed by atoms with E-state index in [9.17, 15) is 8.78 Å². The smallest absolute Gasteiger partial charge is 0.261 e. The first kappa shape index (κ1) is 16.6. The van der Waals surface area contributed by atoms with Gasteiger partial charge >= 0.3 is 0 Å². The van der Waals surface area contributed by atoms with Gasteiger partial charge in [0.05, 0.1) is 10.0 Å². The van der Waals surface area contributed by atoms with Crippen LogP contribution in [0.3, 0.4) is 0 Å². The van der Waals surface area contributed by atoms with Crippen LogP contribution < -0.4 is 5.32 Å². The van der Waals surface area contributed by atoms with Gasteiger partial charge in [-0.05, 0) is 30.7 Å². The van der Waals surface area contributed by atoms with Gasteiger partial charge in [-0.1, -0.05) is 36.2 Å². The highest BCUT2D eigenvalue weighted by Crippen LogP contribution is 2.27. The Balaban J connectivity index is 2.58. The highest BCUT2D eigenvalue weighted by molar-refractivity contribution is 6.42. The lowest BCUT2D eigenvalue weighted by molar-refractivity contribution is 0.0144. The molecule has 1 N–H and O–H groups in total. The quantitative estimate of drug-likeness (QED) is 0.722. The molecule has 0 heterocycles. The Kier molecular flexibility index (Phi) is 7.61. The standard InChI is InChI=1S/C13H17Cl2F2NO/c1-2-18-12(5-6-19-8-13(16)17)9-3-4-10(14)11(15)7-9/h3-4,7,12-13,18H,2,5-6,8H2,1H3. The molecule has 0 saturated heterocycles. The first-order chi connectivity index (χ1) is 9.04. The highest BCUT2D eigenvalue weighted by atomic mass is 35.5. The van der Waals surface area contributed by atoms with Crippen molar-refractivity contribution < 1.29 is 13.5 Å². The molecule has 0 amide bonds. The van der Waals surface area contributed by atoms with E-state index in [-0.39, 0.29) is 12.6 Å². The minimum absolute atomic E-state index is 0.0115. The third kappa shape index (κ3) is 6.04. The van der Waals surface area contributed by atoms with Gasteiger partial charge < -0.3 is 10.1 Å². The van der Waals surface area contributed by atoms with Gasteiger partial charge in [-0.15, -0.1) is 0 Å². The average Bonchev–Trinajstić information content (AvgIpc) is 2.36. The summed E-state index contributed by atoms with van der Waals surface area (Å²) >= 11 is 11.8. The average molecular weight is 312 g/mol. The molecule has 0 bridgehead atoms. The second-order valence-corrected chi connectivity index (χ2v) is 4.85. The number of hydrogen-bond acceptors (Lipinski definition) is 2. The lowest BCUT2D eigenvalue weighted by Gasteiger charge is -2.19. The second-order valence-electron chi connectivity index (χ2n) is 4.04. The van der Waals surface area contributed by atoms with Crippen LogP contribution in [-0.4, -0.2) is 26.2 Å². The first-order valence-corrected chi connectivity index (χ1v) is 6.84. The van der Waals surface area contributed by atoms with Gasteiger partial charge in [-0.2, -0.15) is 0 Å². The molecule has 1 aromatic rings. The number of hydrogen-bond donors (Lipinski definition) is 1. The zero-order valence-corrected chi connectivity index (χ0v) is 12.1. The Hall–Kier alpha value is -0.420. The van der Waals surface area contributed by atoms with E-state index in [1.807, 2.05) is 13.0 Å². The molecule has 1 rings (SSSR count). The molecule has 2 nitrogen and oxygen atoms in total. The molecule has 0 aliphatic carbocycles. The maximum Gasteiger partial charge on any atom is 0.261 e. The number of rotatable bonds is 8. The summed E-state index contributed by atoms with van der Waals surface area (Å²) in [4.78, 5) is 0. The summed E-state index contributed by atoms with van der Waals surface area (Å²) < 4.78 is 28.8. The minimum atomic E-state index is -2.43. The van der Waals surface area contributed by atoms with Gasteiger partial charge in [-0.3, -0.25) is 0 Å². The Morgan fingerprint density at radius 2 is 2.00 bits per heavy atom. The summed E-state index contributed by atoms with van der Waals surface area (Å²) in [6, 6.07) is 5.39. The zero-order chi connectivity index (χ0) is 14.3. The minimum Gasteiger partial charge on any atom is -0.375 e. The topological polar surface area (TPSA) is 21.3 Å². The predicted octanol–water partition coefficient (Wildman–Crippen LogP) is 4.32. The van der Waals surface area contributed by atoms with E-state index in [0.29, 0.717) is 16.5 Å². The Bertz CT molecular complexity index is 391. The maximum absolute atomic E-state index is 12.0. The number of halogens is 4. The van der Waals surface area contributed by atoms with Crippen molar-refractivity contribution >= 4 is 23.2 Å². The summed E-state index contributed by atoms with van der Waals surface area (Å²) in [6.07, 6.45) is -1.83. The van der Waals surface area contributed by atoms with E-state index in [2.05, 4.69) is 5.32 Å². The van der Waals surface area contributed by atoms with Crippen molar-refractivity contribution in [2.24, 2.45) is 0 Å². The summed E-state index contributed by atoms with van der Waals surface area (Å²) in [5.74, 6) is 0. The molecule has 6 heteroatoms. The second kappa shape index (κ2) is 8.69. The zero-order valence-electron chi connectivity index (χ0n) is 10.6. The molecule has 0 radical (unpaired) electrons. The molecule has 1 unspecified atom stereocenters. The largest absolute Gasteiger partial charge is 0.375 e. The highest BCUT2D eigenvalue weighted by Gasteiger charge is 2.12. The maximum atomic E-state index is 12.0. The van der Waals surface area contributed by atoms with E-state index in [1.165, 1.54) is 0 Å². The molecule has 0 aliphatic rings. The van der Waals surface area contributed by atoms with Crippen LogP contribution >= 0.6 is 23.2 Å². The van der Waals surface area contributed by atoms with E-state index < -0.39 is 13.0 Å². The summed E-state index contributed by atoms with van der Waals surface area (Å²) in [5, 5.41) is 4.24. The molecule has 19 heavy (non-hydrogen) atoms. The van der Waals surface area contributed by atoms with Gasteiger partial charge in [0.15, 0.2) is 0 Å². The van der Waals surface area contributed by atoms with Crippen LogP contribution in [0, 0.1) is 0 Å². The van der Waals surface area contributed by atoms with Crippen LogP contribution in [0.15, 0.2) is 18.2 Å². The van der Waals surface area contributed by atoms with Crippen molar-refractivity contribution in [3.8, 4) is 0 Å². The van der Waals surface area contributed by atoms with E-state index in [4.69, 9.17) is 27.9 Å². The molecular weight excluding hydrogens is 295 g/mol. The number of nitrogens with one attached hydrogen (secondary N) is 1. The van der Waals surface area contributed by atoms with Crippen LogP contribution in [0.5, 0.6) is 0 Å². The SMILES string of the molecule is CCNC(CCOCC(F)F)c1ccc(Cl)c(Cl)c1. The molecule has 0 spiro atoms. The molecule has 1 atom stereocenters. The number of benzene rings is 1. The Labute approximate surface area is 122 Å². The van der Waals surface area contributed by atoms with Crippen molar-refractivity contribution in [3.05, 3.63) is 33.8 Å². The van der Waals surface area contributed by atoms with Gasteiger partial charge in [0.2, 0.25) is 0 Å². The van der Waals surface area contributed by atoms with Gasteiger partial charge in [0, 0.05) is 12.6 Å². The van der Waals surface area contributed by atoms with Crippen LogP contribution in [-0.2, 0) is 4.74 Å². The normalized spacial score (nSPS) is 12.9. The van der Waals surface area contributed by atoms with Crippen molar-refractivity contribution in [2.45, 2.75) is 25.8 Å². The molecule has 108 valence electrons. The number of alkyl halides is 2. The summed E-state index contributed by atoms with van der Waals surface area (Å²) in [5.41, 5.74) is 0.969. The van der Waals surface area contributed by atoms with E-state index in [1.54, 1.807) is 12.1 Å². The van der Waals surface area contributed by atoms with E-state index in [0.717, 1.165) is 12.1 Å². The van der Waals surface area contributed by atoms with Crippen molar-refractivity contribution in [2.75, 3.05) is 19.8 Å². The molecular formula is C13H17Cl2F2NO. The molecule has 0 saturated carbocycles. The fourth-order valence-corrected chi connectivity index (χ4v) is 2.04. The third-order valence-corrected chi connectivity index (χ3v) is 3.33. The Morgan fingerprint density at radius 1 is 1.26 bits per heavy atom. The first-order valence-electron chi connectivity index (χ1n) is 6.08. The monoisotopic (exact) mass is 311 g/mol. The predicted molar refractivity (Wildman–Crippen MR) is 74.3 cm³/mol. The van der Waals surface area contributed by atoms with Crippen molar-refractivity contribution in [3.63, 3.8) is 0 Å². The van der Waals surface area contributed by atoms with Crippen molar-refractivity contribution in [1.82, 2.24) is 5.32 Å². The third-order valence-electron chi connectivity index (χ3n) is 2.59. The Morgan fingerprint density at radius 3 is 2.58 bits per heavy atom. The van der Waals surface area contributed by atoms with Crippen LogP contribution in [0.2, 0.25) is 10.0 Å². The summed E-state index contributed by atoms with van der Waals surface area (Å²) in [7, 11) is 0. The molecule has 0 aromatic heterocycles. The fraction of sp³-hybridized carbons (Fsp3) is 0.538. The molecule has 0 fully saturated rings. The lowest BCUT2D eigenvalue weighted by Crippen LogP contribution is -2.22. The summed E-state index contributed by atoms with van der Waals surface area (Å²) in [6.45, 7) is 2.48. The molecule has 0 aliphatic heterocycles. The van der Waals surface area contributed by atoms with Gasteiger partial charge in [-0.25, -0.2) is 8.78 Å². The van der Waals surface area contributed by atoms with Gasteiger partial charge in [0.25, 0.3) is 6.43 Å².